The summed E-state index contributed by atoms with van der Waals surface area (Å²) in [6.45, 7) is 2.74. The summed E-state index contributed by atoms with van der Waals surface area (Å²) in [5, 5.41) is 2.77. The molecule has 1 amide bonds. The molecule has 4 heteroatoms. The molecule has 0 aliphatic heterocycles. The average Bonchev–Trinajstić information content (AvgIpc) is 2.36. The highest BCUT2D eigenvalue weighted by Crippen LogP contribution is 2.11. The summed E-state index contributed by atoms with van der Waals surface area (Å²) in [5.41, 5.74) is 0. The lowest BCUT2D eigenvalue weighted by molar-refractivity contribution is -0.123. The molecule has 100 valence electrons. The summed E-state index contributed by atoms with van der Waals surface area (Å²) in [7, 11) is 0. The molecule has 18 heavy (non-hydrogen) atoms. The fourth-order valence-corrected chi connectivity index (χ4v) is 1.54. The Morgan fingerprint density at radius 3 is 2.89 bits per heavy atom. The lowest BCUT2D eigenvalue weighted by Crippen LogP contribution is -2.29. The van der Waals surface area contributed by atoms with Crippen LogP contribution in [0.15, 0.2) is 24.3 Å². The van der Waals surface area contributed by atoms with Crippen LogP contribution in [-0.4, -0.2) is 19.1 Å². The maximum Gasteiger partial charge on any atom is 0.257 e. The van der Waals surface area contributed by atoms with Crippen molar-refractivity contribution >= 4 is 5.91 Å². The van der Waals surface area contributed by atoms with Crippen molar-refractivity contribution in [3.63, 3.8) is 0 Å². The highest BCUT2D eigenvalue weighted by atomic mass is 19.1. The fourth-order valence-electron chi connectivity index (χ4n) is 1.54. The number of hydrogen-bond donors (Lipinski definition) is 1. The van der Waals surface area contributed by atoms with Crippen LogP contribution in [0.25, 0.3) is 0 Å². The van der Waals surface area contributed by atoms with E-state index in [1.165, 1.54) is 25.0 Å². The normalized spacial score (nSPS) is 10.1. The third-order valence-electron chi connectivity index (χ3n) is 2.52. The molecule has 0 saturated carbocycles. The topological polar surface area (TPSA) is 38.3 Å². The van der Waals surface area contributed by atoms with Crippen molar-refractivity contribution in [3.05, 3.63) is 30.1 Å². The molecule has 3 nitrogen and oxygen atoms in total. The van der Waals surface area contributed by atoms with E-state index in [0.29, 0.717) is 12.3 Å². The van der Waals surface area contributed by atoms with Crippen LogP contribution in [0.4, 0.5) is 4.39 Å². The van der Waals surface area contributed by atoms with Crippen LogP contribution in [0, 0.1) is 5.82 Å². The first-order valence-electron chi connectivity index (χ1n) is 6.37. The summed E-state index contributed by atoms with van der Waals surface area (Å²) in [6.07, 6.45) is 4.48. The Bertz CT molecular complexity index is 369. The monoisotopic (exact) mass is 253 g/mol. The van der Waals surface area contributed by atoms with Crippen molar-refractivity contribution < 1.29 is 13.9 Å². The number of benzene rings is 1. The average molecular weight is 253 g/mol. The van der Waals surface area contributed by atoms with Gasteiger partial charge in [0.2, 0.25) is 0 Å². The van der Waals surface area contributed by atoms with Crippen LogP contribution < -0.4 is 10.1 Å². The van der Waals surface area contributed by atoms with Gasteiger partial charge in [0.1, 0.15) is 11.6 Å². The molecular weight excluding hydrogens is 233 g/mol. The van der Waals surface area contributed by atoms with E-state index in [9.17, 15) is 9.18 Å². The van der Waals surface area contributed by atoms with E-state index in [1.807, 2.05) is 0 Å². The van der Waals surface area contributed by atoms with E-state index in [2.05, 4.69) is 12.2 Å². The van der Waals surface area contributed by atoms with Crippen LogP contribution in [0.2, 0.25) is 0 Å². The lowest BCUT2D eigenvalue weighted by Gasteiger charge is -2.07. The molecule has 0 spiro atoms. The number of halogens is 1. The Morgan fingerprint density at radius 1 is 1.33 bits per heavy atom. The number of unbranched alkanes of at least 4 members (excludes halogenated alkanes) is 3. The molecule has 0 fully saturated rings. The Morgan fingerprint density at radius 2 is 2.17 bits per heavy atom. The highest BCUT2D eigenvalue weighted by Gasteiger charge is 2.02. The van der Waals surface area contributed by atoms with Gasteiger partial charge in [0.15, 0.2) is 6.61 Å². The van der Waals surface area contributed by atoms with Gasteiger partial charge in [0.05, 0.1) is 0 Å². The molecule has 0 aliphatic rings. The molecule has 1 aromatic rings. The summed E-state index contributed by atoms with van der Waals surface area (Å²) < 4.78 is 18.0. The molecule has 1 N–H and O–H groups in total. The lowest BCUT2D eigenvalue weighted by atomic mass is 10.2. The maximum atomic E-state index is 12.8. The maximum absolute atomic E-state index is 12.8. The van der Waals surface area contributed by atoms with E-state index in [-0.39, 0.29) is 18.3 Å². The molecule has 0 bridgehead atoms. The molecule has 0 saturated heterocycles. The number of carbonyl (C=O) groups is 1. The van der Waals surface area contributed by atoms with Gasteiger partial charge in [-0.25, -0.2) is 4.39 Å². The van der Waals surface area contributed by atoms with Gasteiger partial charge in [-0.05, 0) is 18.6 Å². The minimum absolute atomic E-state index is 0.0722. The second-order valence-corrected chi connectivity index (χ2v) is 4.16. The van der Waals surface area contributed by atoms with Crippen molar-refractivity contribution in [1.29, 1.82) is 0 Å². The van der Waals surface area contributed by atoms with Crippen molar-refractivity contribution in [1.82, 2.24) is 5.32 Å². The second kappa shape index (κ2) is 8.50. The summed E-state index contributed by atoms with van der Waals surface area (Å²) >= 11 is 0. The van der Waals surface area contributed by atoms with Gasteiger partial charge >= 0.3 is 0 Å². The summed E-state index contributed by atoms with van der Waals surface area (Å²) in [6, 6.07) is 5.76. The SMILES string of the molecule is CCCCCCNC(=O)COc1cccc(F)c1. The molecule has 0 atom stereocenters. The van der Waals surface area contributed by atoms with Gasteiger partial charge in [0.25, 0.3) is 5.91 Å². The third-order valence-corrected chi connectivity index (χ3v) is 2.52. The minimum Gasteiger partial charge on any atom is -0.484 e. The fraction of sp³-hybridized carbons (Fsp3) is 0.500. The predicted molar refractivity (Wildman–Crippen MR) is 69.0 cm³/mol. The first-order valence-corrected chi connectivity index (χ1v) is 6.37. The highest BCUT2D eigenvalue weighted by molar-refractivity contribution is 5.77. The van der Waals surface area contributed by atoms with E-state index in [4.69, 9.17) is 4.74 Å². The predicted octanol–water partition coefficient (Wildman–Crippen LogP) is 2.90. The van der Waals surface area contributed by atoms with Crippen LogP contribution >= 0.6 is 0 Å². The van der Waals surface area contributed by atoms with E-state index in [0.717, 1.165) is 12.8 Å². The molecule has 1 aromatic carbocycles. The Labute approximate surface area is 107 Å². The Balaban J connectivity index is 2.13. The van der Waals surface area contributed by atoms with Crippen LogP contribution in [-0.2, 0) is 4.79 Å². The van der Waals surface area contributed by atoms with Crippen molar-refractivity contribution in [2.24, 2.45) is 0 Å². The van der Waals surface area contributed by atoms with Gasteiger partial charge in [-0.15, -0.1) is 0 Å². The number of nitrogens with one attached hydrogen (secondary N) is 1. The first kappa shape index (κ1) is 14.5. The zero-order valence-electron chi connectivity index (χ0n) is 10.7. The Hall–Kier alpha value is -1.58. The van der Waals surface area contributed by atoms with Gasteiger partial charge < -0.3 is 10.1 Å². The number of rotatable bonds is 8. The van der Waals surface area contributed by atoms with E-state index in [1.54, 1.807) is 12.1 Å². The van der Waals surface area contributed by atoms with Crippen LogP contribution in [0.5, 0.6) is 5.75 Å². The quantitative estimate of drug-likeness (QED) is 0.723. The molecule has 0 aromatic heterocycles. The number of carbonyl (C=O) groups excluding carboxylic acids is 1. The smallest absolute Gasteiger partial charge is 0.257 e. The zero-order chi connectivity index (χ0) is 13.2. The molecule has 0 heterocycles. The standard InChI is InChI=1S/C14H20FNO2/c1-2-3-4-5-9-16-14(17)11-18-13-8-6-7-12(15)10-13/h6-8,10H,2-5,9,11H2,1H3,(H,16,17). The van der Waals surface area contributed by atoms with Crippen molar-refractivity contribution in [2.75, 3.05) is 13.2 Å². The second-order valence-electron chi connectivity index (χ2n) is 4.16. The van der Waals surface area contributed by atoms with Gasteiger partial charge in [-0.1, -0.05) is 32.3 Å². The Kier molecular flexibility index (Phi) is 6.84. The van der Waals surface area contributed by atoms with Gasteiger partial charge in [0, 0.05) is 12.6 Å². The van der Waals surface area contributed by atoms with Crippen molar-refractivity contribution in [2.45, 2.75) is 32.6 Å². The minimum atomic E-state index is -0.368. The van der Waals surface area contributed by atoms with E-state index < -0.39 is 0 Å². The third kappa shape index (κ3) is 6.23. The van der Waals surface area contributed by atoms with Gasteiger partial charge in [-0.3, -0.25) is 4.79 Å². The molecular formula is C14H20FNO2. The number of amides is 1. The van der Waals surface area contributed by atoms with Crippen LogP contribution in [0.3, 0.4) is 0 Å². The zero-order valence-corrected chi connectivity index (χ0v) is 10.7. The van der Waals surface area contributed by atoms with Crippen LogP contribution in [0.1, 0.15) is 32.6 Å². The number of hydrogen-bond acceptors (Lipinski definition) is 2. The molecule has 1 rings (SSSR count). The summed E-state index contributed by atoms with van der Waals surface area (Å²) in [5.74, 6) is -0.167. The molecule has 0 unspecified atom stereocenters. The summed E-state index contributed by atoms with van der Waals surface area (Å²) in [4.78, 5) is 11.4. The number of ether oxygens (including phenoxy) is 1. The molecule has 0 aliphatic carbocycles. The van der Waals surface area contributed by atoms with E-state index >= 15 is 0 Å². The molecule has 0 radical (unpaired) electrons. The first-order chi connectivity index (χ1) is 8.72. The van der Waals surface area contributed by atoms with Crippen molar-refractivity contribution in [3.8, 4) is 5.75 Å². The van der Waals surface area contributed by atoms with Gasteiger partial charge in [-0.2, -0.15) is 0 Å². The largest absolute Gasteiger partial charge is 0.484 e.